The van der Waals surface area contributed by atoms with E-state index in [0.29, 0.717) is 6.07 Å². The minimum atomic E-state index is -4.82. The third-order valence-electron chi connectivity index (χ3n) is 2.92. The lowest BCUT2D eigenvalue weighted by molar-refractivity contribution is -0.388. The van der Waals surface area contributed by atoms with Crippen molar-refractivity contribution in [2.24, 2.45) is 5.41 Å². The summed E-state index contributed by atoms with van der Waals surface area (Å²) in [6.45, 7) is 5.62. The van der Waals surface area contributed by atoms with Crippen molar-refractivity contribution in [3.05, 3.63) is 33.9 Å². The standard InChI is InChI=1S/C14H18F3N3O3/c1-13(2,3)12(21)19-7-6-18-9-4-5-11(20(22)23)10(8-9)14(15,16)17/h4-5,8,18H,6-7H2,1-3H3,(H,19,21). The summed E-state index contributed by atoms with van der Waals surface area (Å²) in [7, 11) is 0. The average molecular weight is 333 g/mol. The van der Waals surface area contributed by atoms with Gasteiger partial charge >= 0.3 is 6.18 Å². The molecule has 0 aliphatic heterocycles. The number of anilines is 1. The predicted octanol–water partition coefficient (Wildman–Crippen LogP) is 3.19. The van der Waals surface area contributed by atoms with Crippen LogP contribution in [0.2, 0.25) is 0 Å². The van der Waals surface area contributed by atoms with Gasteiger partial charge in [-0.1, -0.05) is 20.8 Å². The molecule has 23 heavy (non-hydrogen) atoms. The molecular weight excluding hydrogens is 315 g/mol. The lowest BCUT2D eigenvalue weighted by Crippen LogP contribution is -2.37. The summed E-state index contributed by atoms with van der Waals surface area (Å²) in [5.41, 5.74) is -2.78. The number of rotatable bonds is 5. The molecule has 0 unspecified atom stereocenters. The van der Waals surface area contributed by atoms with E-state index in [-0.39, 0.29) is 24.7 Å². The fourth-order valence-corrected chi connectivity index (χ4v) is 1.68. The molecule has 0 saturated carbocycles. The lowest BCUT2D eigenvalue weighted by atomic mass is 9.96. The molecule has 0 bridgehead atoms. The normalized spacial score (nSPS) is 11.9. The maximum Gasteiger partial charge on any atom is 0.423 e. The molecule has 0 fully saturated rings. The van der Waals surface area contributed by atoms with Crippen LogP contribution in [0.1, 0.15) is 26.3 Å². The molecule has 0 aliphatic rings. The van der Waals surface area contributed by atoms with Crippen LogP contribution in [0.4, 0.5) is 24.5 Å². The van der Waals surface area contributed by atoms with Gasteiger partial charge in [-0.15, -0.1) is 0 Å². The Labute approximate surface area is 131 Å². The van der Waals surface area contributed by atoms with E-state index in [1.807, 2.05) is 0 Å². The van der Waals surface area contributed by atoms with Gasteiger partial charge in [0.25, 0.3) is 5.69 Å². The summed E-state index contributed by atoms with van der Waals surface area (Å²) >= 11 is 0. The summed E-state index contributed by atoms with van der Waals surface area (Å²) in [5, 5.41) is 16.0. The van der Waals surface area contributed by atoms with Gasteiger partial charge in [0.15, 0.2) is 0 Å². The van der Waals surface area contributed by atoms with Crippen LogP contribution in [0.5, 0.6) is 0 Å². The first-order valence-corrected chi connectivity index (χ1v) is 6.80. The Morgan fingerprint density at radius 2 is 1.83 bits per heavy atom. The van der Waals surface area contributed by atoms with E-state index in [2.05, 4.69) is 10.6 Å². The predicted molar refractivity (Wildman–Crippen MR) is 79.1 cm³/mol. The minimum absolute atomic E-state index is 0.0907. The second kappa shape index (κ2) is 6.84. The number of nitrogens with zero attached hydrogens (tertiary/aromatic N) is 1. The van der Waals surface area contributed by atoms with Crippen molar-refractivity contribution in [1.29, 1.82) is 0 Å². The minimum Gasteiger partial charge on any atom is -0.383 e. The van der Waals surface area contributed by atoms with Crippen molar-refractivity contribution < 1.29 is 22.9 Å². The largest absolute Gasteiger partial charge is 0.423 e. The van der Waals surface area contributed by atoms with Gasteiger partial charge < -0.3 is 10.6 Å². The zero-order valence-corrected chi connectivity index (χ0v) is 13.0. The van der Waals surface area contributed by atoms with E-state index in [9.17, 15) is 28.1 Å². The Balaban J connectivity index is 2.72. The van der Waals surface area contributed by atoms with E-state index >= 15 is 0 Å². The highest BCUT2D eigenvalue weighted by atomic mass is 19.4. The van der Waals surface area contributed by atoms with Crippen LogP contribution in [0, 0.1) is 15.5 Å². The van der Waals surface area contributed by atoms with Crippen LogP contribution in [0.15, 0.2) is 18.2 Å². The molecule has 1 amide bonds. The molecule has 1 aromatic rings. The Morgan fingerprint density at radius 3 is 2.30 bits per heavy atom. The topological polar surface area (TPSA) is 84.3 Å². The fraction of sp³-hybridized carbons (Fsp3) is 0.500. The first-order valence-electron chi connectivity index (χ1n) is 6.80. The number of hydrogen-bond donors (Lipinski definition) is 2. The average Bonchev–Trinajstić information content (AvgIpc) is 2.40. The van der Waals surface area contributed by atoms with Gasteiger partial charge in [0, 0.05) is 30.3 Å². The zero-order valence-electron chi connectivity index (χ0n) is 13.0. The van der Waals surface area contributed by atoms with E-state index in [1.54, 1.807) is 20.8 Å². The molecule has 0 spiro atoms. The quantitative estimate of drug-likeness (QED) is 0.492. The first-order chi connectivity index (χ1) is 10.4. The third-order valence-corrected chi connectivity index (χ3v) is 2.92. The highest BCUT2D eigenvalue weighted by Gasteiger charge is 2.38. The number of hydrogen-bond acceptors (Lipinski definition) is 4. The number of carbonyl (C=O) groups excluding carboxylic acids is 1. The summed E-state index contributed by atoms with van der Waals surface area (Å²) in [4.78, 5) is 21.2. The molecule has 1 aromatic carbocycles. The molecule has 0 atom stereocenters. The smallest absolute Gasteiger partial charge is 0.383 e. The van der Waals surface area contributed by atoms with Gasteiger partial charge in [-0.2, -0.15) is 13.2 Å². The van der Waals surface area contributed by atoms with Crippen molar-refractivity contribution in [1.82, 2.24) is 5.32 Å². The number of nitro groups is 1. The van der Waals surface area contributed by atoms with Crippen LogP contribution < -0.4 is 10.6 Å². The SMILES string of the molecule is CC(C)(C)C(=O)NCCNc1ccc([N+](=O)[O-])c(C(F)(F)F)c1. The van der Waals surface area contributed by atoms with Crippen LogP contribution in [0.3, 0.4) is 0 Å². The first kappa shape index (κ1) is 18.7. The van der Waals surface area contributed by atoms with Crippen LogP contribution in [-0.2, 0) is 11.0 Å². The molecule has 0 aromatic heterocycles. The van der Waals surface area contributed by atoms with Gasteiger partial charge in [-0.25, -0.2) is 0 Å². The van der Waals surface area contributed by atoms with Crippen LogP contribution in [0.25, 0.3) is 0 Å². The van der Waals surface area contributed by atoms with Crippen molar-refractivity contribution >= 4 is 17.3 Å². The Morgan fingerprint density at radius 1 is 1.22 bits per heavy atom. The monoisotopic (exact) mass is 333 g/mol. The maximum absolute atomic E-state index is 12.8. The van der Waals surface area contributed by atoms with E-state index in [4.69, 9.17) is 0 Å². The summed E-state index contributed by atoms with van der Waals surface area (Å²) in [6.07, 6.45) is -4.82. The zero-order chi connectivity index (χ0) is 17.8. The van der Waals surface area contributed by atoms with Crippen molar-refractivity contribution in [3.63, 3.8) is 0 Å². The number of benzene rings is 1. The third kappa shape index (κ3) is 5.42. The Hall–Kier alpha value is -2.32. The van der Waals surface area contributed by atoms with E-state index < -0.39 is 27.8 Å². The van der Waals surface area contributed by atoms with Crippen molar-refractivity contribution in [2.75, 3.05) is 18.4 Å². The number of nitrogens with one attached hydrogen (secondary N) is 2. The van der Waals surface area contributed by atoms with E-state index in [0.717, 1.165) is 6.07 Å². The molecule has 0 saturated heterocycles. The highest BCUT2D eigenvalue weighted by molar-refractivity contribution is 5.81. The molecule has 0 aliphatic carbocycles. The van der Waals surface area contributed by atoms with Gasteiger partial charge in [-0.05, 0) is 12.1 Å². The number of alkyl halides is 3. The Bertz CT molecular complexity index is 595. The van der Waals surface area contributed by atoms with Crippen molar-refractivity contribution in [2.45, 2.75) is 26.9 Å². The molecule has 1 rings (SSSR count). The lowest BCUT2D eigenvalue weighted by Gasteiger charge is -2.18. The number of amides is 1. The molecular formula is C14H18F3N3O3. The summed E-state index contributed by atoms with van der Waals surface area (Å²) < 4.78 is 38.5. The van der Waals surface area contributed by atoms with Crippen molar-refractivity contribution in [3.8, 4) is 0 Å². The molecule has 0 radical (unpaired) electrons. The van der Waals surface area contributed by atoms with Gasteiger partial charge in [-0.3, -0.25) is 14.9 Å². The maximum atomic E-state index is 12.8. The molecule has 0 heterocycles. The Kier molecular flexibility index (Phi) is 5.57. The number of nitro benzene ring substituents is 1. The van der Waals surface area contributed by atoms with Gasteiger partial charge in [0.1, 0.15) is 5.56 Å². The molecule has 128 valence electrons. The second-order valence-electron chi connectivity index (χ2n) is 5.92. The van der Waals surface area contributed by atoms with Gasteiger partial charge in [0.05, 0.1) is 4.92 Å². The molecule has 6 nitrogen and oxygen atoms in total. The highest BCUT2D eigenvalue weighted by Crippen LogP contribution is 2.37. The van der Waals surface area contributed by atoms with Gasteiger partial charge in [0.2, 0.25) is 5.91 Å². The number of halogens is 3. The molecule has 9 heteroatoms. The number of carbonyl (C=O) groups is 1. The molecule has 2 N–H and O–H groups in total. The fourth-order valence-electron chi connectivity index (χ4n) is 1.68. The second-order valence-corrected chi connectivity index (χ2v) is 5.92. The summed E-state index contributed by atoms with van der Waals surface area (Å²) in [5.74, 6) is -0.181. The van der Waals surface area contributed by atoms with Crippen LogP contribution in [-0.4, -0.2) is 23.9 Å². The summed E-state index contributed by atoms with van der Waals surface area (Å²) in [6, 6.07) is 2.68. The van der Waals surface area contributed by atoms with Crippen LogP contribution >= 0.6 is 0 Å². The van der Waals surface area contributed by atoms with E-state index in [1.165, 1.54) is 6.07 Å².